The van der Waals surface area contributed by atoms with Crippen LogP contribution in [0.5, 0.6) is 0 Å². The maximum absolute atomic E-state index is 3.64. The van der Waals surface area contributed by atoms with Gasteiger partial charge < -0.3 is 0 Å². The zero-order valence-electron chi connectivity index (χ0n) is 4.85. The van der Waals surface area contributed by atoms with Gasteiger partial charge in [0.2, 0.25) is 0 Å². The fourth-order valence-electron chi connectivity index (χ4n) is 0.748. The van der Waals surface area contributed by atoms with E-state index in [2.05, 4.69) is 18.7 Å². The van der Waals surface area contributed by atoms with E-state index in [1.54, 1.807) is 0 Å². The van der Waals surface area contributed by atoms with Crippen LogP contribution in [0.1, 0.15) is 12.8 Å². The zero-order valence-corrected chi connectivity index (χ0v) is 4.85. The van der Waals surface area contributed by atoms with Gasteiger partial charge in [-0.2, -0.15) is 0 Å². The molecule has 0 bridgehead atoms. The van der Waals surface area contributed by atoms with Gasteiger partial charge in [0.15, 0.2) is 0 Å². The van der Waals surface area contributed by atoms with Crippen molar-refractivity contribution in [2.24, 2.45) is 0 Å². The van der Waals surface area contributed by atoms with Crippen LogP contribution in [0, 0.1) is 6.08 Å². The van der Waals surface area contributed by atoms with Gasteiger partial charge in [0.05, 0.1) is 0 Å². The van der Waals surface area contributed by atoms with E-state index < -0.39 is 0 Å². The summed E-state index contributed by atoms with van der Waals surface area (Å²) in [5.74, 6) is 0. The highest BCUT2D eigenvalue weighted by Gasteiger charge is 1.92. The Morgan fingerprint density at radius 1 is 1.88 bits per heavy atom. The highest BCUT2D eigenvalue weighted by Crippen LogP contribution is 2.11. The maximum Gasteiger partial charge on any atom is -0.00886 e. The monoisotopic (exact) mass is 105 g/mol. The van der Waals surface area contributed by atoms with Gasteiger partial charge in [0, 0.05) is 0 Å². The van der Waals surface area contributed by atoms with Gasteiger partial charge in [-0.25, -0.2) is 0 Å². The van der Waals surface area contributed by atoms with Gasteiger partial charge in [-0.05, 0) is 24.5 Å². The normalized spacial score (nSPS) is 16.2. The first-order chi connectivity index (χ1) is 3.93. The molecule has 0 atom stereocenters. The summed E-state index contributed by atoms with van der Waals surface area (Å²) >= 11 is 0. The first-order valence-corrected chi connectivity index (χ1v) is 2.80. The molecule has 0 aromatic heterocycles. The lowest BCUT2D eigenvalue weighted by Gasteiger charge is -1.86. The van der Waals surface area contributed by atoms with E-state index in [1.807, 2.05) is 12.2 Å². The third-order valence-corrected chi connectivity index (χ3v) is 1.15. The molecule has 0 heterocycles. The van der Waals surface area contributed by atoms with Crippen LogP contribution in [0.15, 0.2) is 30.4 Å². The molecule has 0 fully saturated rings. The fourth-order valence-corrected chi connectivity index (χ4v) is 0.748. The van der Waals surface area contributed by atoms with Gasteiger partial charge in [-0.3, -0.25) is 0 Å². The van der Waals surface area contributed by atoms with Crippen molar-refractivity contribution in [1.82, 2.24) is 0 Å². The van der Waals surface area contributed by atoms with E-state index in [0.29, 0.717) is 0 Å². The molecule has 0 saturated carbocycles. The first-order valence-electron chi connectivity index (χ1n) is 2.80. The molecular weight excluding hydrogens is 96.1 g/mol. The topological polar surface area (TPSA) is 0 Å². The lowest BCUT2D eigenvalue weighted by atomic mass is 10.2. The van der Waals surface area contributed by atoms with E-state index in [0.717, 1.165) is 12.8 Å². The van der Waals surface area contributed by atoms with E-state index >= 15 is 0 Å². The molecule has 0 nitrogen and oxygen atoms in total. The van der Waals surface area contributed by atoms with Gasteiger partial charge in [0.25, 0.3) is 0 Å². The Kier molecular flexibility index (Phi) is 1.68. The second-order valence-electron chi connectivity index (χ2n) is 1.82. The van der Waals surface area contributed by atoms with Crippen molar-refractivity contribution in [3.63, 3.8) is 0 Å². The summed E-state index contributed by atoms with van der Waals surface area (Å²) in [6.45, 7) is 3.64. The SMILES string of the molecule is C=CCC1=CC[C]=C1. The Hall–Kier alpha value is -0.780. The van der Waals surface area contributed by atoms with Crippen LogP contribution in [0.3, 0.4) is 0 Å². The number of allylic oxidation sites excluding steroid dienone is 5. The molecule has 0 aromatic rings. The largest absolute Gasteiger partial charge is 0.103 e. The third kappa shape index (κ3) is 1.09. The van der Waals surface area contributed by atoms with Gasteiger partial charge in [0.1, 0.15) is 0 Å². The molecule has 0 amide bonds. The minimum atomic E-state index is 0.989. The number of hydrogen-bond donors (Lipinski definition) is 0. The van der Waals surface area contributed by atoms with Crippen LogP contribution in [-0.4, -0.2) is 0 Å². The number of rotatable bonds is 2. The van der Waals surface area contributed by atoms with E-state index in [9.17, 15) is 0 Å². The van der Waals surface area contributed by atoms with Crippen LogP contribution in [-0.2, 0) is 0 Å². The minimum absolute atomic E-state index is 0.989. The zero-order chi connectivity index (χ0) is 5.82. The molecule has 1 rings (SSSR count). The Bertz CT molecular complexity index is 138. The first kappa shape index (κ1) is 5.36. The molecule has 0 heteroatoms. The molecule has 0 spiro atoms. The molecular formula is C8H9. The number of hydrogen-bond acceptors (Lipinski definition) is 0. The Balaban J connectivity index is 2.45. The summed E-state index contributed by atoms with van der Waals surface area (Å²) in [6, 6.07) is 0. The third-order valence-electron chi connectivity index (χ3n) is 1.15. The van der Waals surface area contributed by atoms with Crippen molar-refractivity contribution >= 4 is 0 Å². The molecule has 1 aliphatic rings. The van der Waals surface area contributed by atoms with E-state index in [1.165, 1.54) is 5.57 Å². The molecule has 1 aliphatic carbocycles. The highest BCUT2D eigenvalue weighted by atomic mass is 14.0. The van der Waals surface area contributed by atoms with Crippen molar-refractivity contribution in [3.05, 3.63) is 36.5 Å². The smallest absolute Gasteiger partial charge is 0.00886 e. The Morgan fingerprint density at radius 3 is 3.25 bits per heavy atom. The van der Waals surface area contributed by atoms with Gasteiger partial charge in [-0.1, -0.05) is 18.2 Å². The summed E-state index contributed by atoms with van der Waals surface area (Å²) in [6.07, 6.45) is 11.2. The van der Waals surface area contributed by atoms with Crippen LogP contribution >= 0.6 is 0 Å². The molecule has 41 valence electrons. The molecule has 0 aliphatic heterocycles. The van der Waals surface area contributed by atoms with Crippen LogP contribution in [0.25, 0.3) is 0 Å². The van der Waals surface area contributed by atoms with Gasteiger partial charge >= 0.3 is 0 Å². The fraction of sp³-hybridized carbons (Fsp3) is 0.250. The highest BCUT2D eigenvalue weighted by molar-refractivity contribution is 5.24. The van der Waals surface area contributed by atoms with Crippen LogP contribution in [0.2, 0.25) is 0 Å². The summed E-state index contributed by atoms with van der Waals surface area (Å²) in [4.78, 5) is 0. The maximum atomic E-state index is 3.64. The quantitative estimate of drug-likeness (QED) is 0.472. The molecule has 1 radical (unpaired) electrons. The summed E-state index contributed by atoms with van der Waals surface area (Å²) in [5.41, 5.74) is 1.35. The van der Waals surface area contributed by atoms with Crippen LogP contribution in [0.4, 0.5) is 0 Å². The predicted molar refractivity (Wildman–Crippen MR) is 35.3 cm³/mol. The second kappa shape index (κ2) is 2.51. The lowest BCUT2D eigenvalue weighted by Crippen LogP contribution is -1.66. The van der Waals surface area contributed by atoms with Crippen molar-refractivity contribution in [3.8, 4) is 0 Å². The standard InChI is InChI=1S/C8H9/c1-2-5-8-6-3-4-7-8/h2,6-7H,1,3,5H2. The lowest BCUT2D eigenvalue weighted by molar-refractivity contribution is 1.29. The molecule has 0 N–H and O–H groups in total. The Labute approximate surface area is 50.2 Å². The van der Waals surface area contributed by atoms with Crippen molar-refractivity contribution in [1.29, 1.82) is 0 Å². The second-order valence-corrected chi connectivity index (χ2v) is 1.82. The summed E-state index contributed by atoms with van der Waals surface area (Å²) in [5, 5.41) is 0. The van der Waals surface area contributed by atoms with Crippen molar-refractivity contribution in [2.75, 3.05) is 0 Å². The summed E-state index contributed by atoms with van der Waals surface area (Å²) < 4.78 is 0. The molecule has 0 saturated heterocycles. The molecule has 8 heavy (non-hydrogen) atoms. The average Bonchev–Trinajstić information content (AvgIpc) is 2.19. The minimum Gasteiger partial charge on any atom is -0.103 e. The Morgan fingerprint density at radius 2 is 2.75 bits per heavy atom. The van der Waals surface area contributed by atoms with E-state index in [4.69, 9.17) is 0 Å². The molecule has 0 unspecified atom stereocenters. The van der Waals surface area contributed by atoms with Crippen LogP contribution < -0.4 is 0 Å². The van der Waals surface area contributed by atoms with Crippen molar-refractivity contribution in [2.45, 2.75) is 12.8 Å². The molecule has 0 aromatic carbocycles. The van der Waals surface area contributed by atoms with Crippen molar-refractivity contribution < 1.29 is 0 Å². The van der Waals surface area contributed by atoms with Gasteiger partial charge in [-0.15, -0.1) is 6.58 Å². The summed E-state index contributed by atoms with van der Waals surface area (Å²) in [7, 11) is 0. The van der Waals surface area contributed by atoms with E-state index in [-0.39, 0.29) is 0 Å². The predicted octanol–water partition coefficient (Wildman–Crippen LogP) is 2.25. The average molecular weight is 105 g/mol.